The Kier molecular flexibility index (Phi) is 3.85. The minimum Gasteiger partial charge on any atom is -0.465 e. The molecule has 0 N–H and O–H groups in total. The molecule has 2 aliphatic rings. The van der Waals surface area contributed by atoms with E-state index in [9.17, 15) is 14.4 Å². The molecule has 2 heterocycles. The Morgan fingerprint density at radius 3 is 2.70 bits per heavy atom. The van der Waals surface area contributed by atoms with Crippen LogP contribution in [0.2, 0.25) is 0 Å². The van der Waals surface area contributed by atoms with Gasteiger partial charge in [-0.05, 0) is 30.2 Å². The highest BCUT2D eigenvalue weighted by Crippen LogP contribution is 2.30. The number of carbonyl (C=O) groups is 3. The van der Waals surface area contributed by atoms with Crippen molar-refractivity contribution >= 4 is 29.2 Å². The number of ether oxygens (including phenoxy) is 1. The Hall–Kier alpha value is -2.70. The van der Waals surface area contributed by atoms with E-state index in [0.717, 1.165) is 11.3 Å². The van der Waals surface area contributed by atoms with Gasteiger partial charge in [-0.1, -0.05) is 0 Å². The van der Waals surface area contributed by atoms with Gasteiger partial charge in [-0.15, -0.1) is 0 Å². The summed E-state index contributed by atoms with van der Waals surface area (Å²) in [7, 11) is 2.89. The number of hydrazone groups is 1. The SMILES string of the molecule is COC(=O)c1ccc2c(c1)CCN2C(=O)C1=NN(C)C(=O)CC1. The predicted molar refractivity (Wildman–Crippen MR) is 83.3 cm³/mol. The van der Waals surface area contributed by atoms with Crippen molar-refractivity contribution in [1.82, 2.24) is 5.01 Å². The highest BCUT2D eigenvalue weighted by Gasteiger charge is 2.31. The monoisotopic (exact) mass is 315 g/mol. The van der Waals surface area contributed by atoms with Crippen molar-refractivity contribution in [2.24, 2.45) is 5.10 Å². The van der Waals surface area contributed by atoms with Gasteiger partial charge in [0.05, 0.1) is 12.7 Å². The Morgan fingerprint density at radius 2 is 2.00 bits per heavy atom. The molecule has 7 heteroatoms. The molecule has 0 saturated carbocycles. The summed E-state index contributed by atoms with van der Waals surface area (Å²) in [6, 6.07) is 5.16. The fraction of sp³-hybridized carbons (Fsp3) is 0.375. The average molecular weight is 315 g/mol. The van der Waals surface area contributed by atoms with Crippen LogP contribution in [-0.4, -0.2) is 49.2 Å². The first-order valence-corrected chi connectivity index (χ1v) is 7.38. The fourth-order valence-corrected chi connectivity index (χ4v) is 2.84. The number of hydrogen-bond donors (Lipinski definition) is 0. The summed E-state index contributed by atoms with van der Waals surface area (Å²) in [6.45, 7) is 0.537. The van der Waals surface area contributed by atoms with E-state index in [-0.39, 0.29) is 11.8 Å². The lowest BCUT2D eigenvalue weighted by atomic mass is 10.1. The van der Waals surface area contributed by atoms with Crippen molar-refractivity contribution in [3.05, 3.63) is 29.3 Å². The lowest BCUT2D eigenvalue weighted by Gasteiger charge is -2.23. The first-order valence-electron chi connectivity index (χ1n) is 7.38. The lowest BCUT2D eigenvalue weighted by Crippen LogP contribution is -2.39. The van der Waals surface area contributed by atoms with Gasteiger partial charge in [0, 0.05) is 32.1 Å². The quantitative estimate of drug-likeness (QED) is 0.762. The van der Waals surface area contributed by atoms with E-state index in [2.05, 4.69) is 5.10 Å². The summed E-state index contributed by atoms with van der Waals surface area (Å²) in [5.41, 5.74) is 2.57. The highest BCUT2D eigenvalue weighted by molar-refractivity contribution is 6.44. The molecule has 2 aliphatic heterocycles. The van der Waals surface area contributed by atoms with E-state index >= 15 is 0 Å². The van der Waals surface area contributed by atoms with Crippen LogP contribution in [0.15, 0.2) is 23.3 Å². The number of fused-ring (bicyclic) bond motifs is 1. The molecule has 1 aromatic carbocycles. The van der Waals surface area contributed by atoms with Crippen LogP contribution in [-0.2, 0) is 20.7 Å². The van der Waals surface area contributed by atoms with Gasteiger partial charge in [0.15, 0.2) is 0 Å². The third-order valence-corrected chi connectivity index (χ3v) is 4.10. The van der Waals surface area contributed by atoms with E-state index in [1.54, 1.807) is 30.1 Å². The molecule has 2 amide bonds. The molecule has 0 atom stereocenters. The Bertz CT molecular complexity index is 726. The normalized spacial score (nSPS) is 17.0. The molecule has 0 aromatic heterocycles. The van der Waals surface area contributed by atoms with Crippen LogP contribution in [0.1, 0.15) is 28.8 Å². The summed E-state index contributed by atoms with van der Waals surface area (Å²) in [5, 5.41) is 5.29. The van der Waals surface area contributed by atoms with Gasteiger partial charge in [0.2, 0.25) is 5.91 Å². The van der Waals surface area contributed by atoms with Crippen molar-refractivity contribution in [3.63, 3.8) is 0 Å². The molecule has 7 nitrogen and oxygen atoms in total. The van der Waals surface area contributed by atoms with E-state index in [0.29, 0.717) is 37.1 Å². The molecule has 3 rings (SSSR count). The van der Waals surface area contributed by atoms with Gasteiger partial charge in [-0.3, -0.25) is 9.59 Å². The smallest absolute Gasteiger partial charge is 0.337 e. The minimum absolute atomic E-state index is 0.0916. The molecular weight excluding hydrogens is 298 g/mol. The number of nitrogens with zero attached hydrogens (tertiary/aromatic N) is 3. The second-order valence-electron chi connectivity index (χ2n) is 5.51. The van der Waals surface area contributed by atoms with E-state index in [1.165, 1.54) is 12.1 Å². The lowest BCUT2D eigenvalue weighted by molar-refractivity contribution is -0.130. The average Bonchev–Trinajstić information content (AvgIpc) is 2.99. The van der Waals surface area contributed by atoms with Crippen molar-refractivity contribution < 1.29 is 19.1 Å². The topological polar surface area (TPSA) is 79.3 Å². The Balaban J connectivity index is 1.85. The molecule has 0 fully saturated rings. The molecule has 23 heavy (non-hydrogen) atoms. The maximum absolute atomic E-state index is 12.7. The minimum atomic E-state index is -0.394. The summed E-state index contributed by atoms with van der Waals surface area (Å²) >= 11 is 0. The molecule has 0 aliphatic carbocycles. The van der Waals surface area contributed by atoms with Crippen molar-refractivity contribution in [1.29, 1.82) is 0 Å². The van der Waals surface area contributed by atoms with E-state index in [1.807, 2.05) is 0 Å². The maximum atomic E-state index is 12.7. The van der Waals surface area contributed by atoms with Crippen LogP contribution >= 0.6 is 0 Å². The number of methoxy groups -OCH3 is 1. The number of anilines is 1. The molecule has 0 bridgehead atoms. The van der Waals surface area contributed by atoms with Crippen LogP contribution < -0.4 is 4.90 Å². The zero-order valence-corrected chi connectivity index (χ0v) is 13.0. The third kappa shape index (κ3) is 2.69. The fourth-order valence-electron chi connectivity index (χ4n) is 2.84. The standard InChI is InChI=1S/C16H17N3O4/c1-18-14(20)6-4-12(17-18)15(21)19-8-7-10-9-11(16(22)23-2)3-5-13(10)19/h3,5,9H,4,6-8H2,1-2H3. The first kappa shape index (κ1) is 15.2. The largest absolute Gasteiger partial charge is 0.465 e. The highest BCUT2D eigenvalue weighted by atomic mass is 16.5. The van der Waals surface area contributed by atoms with Crippen LogP contribution in [0.4, 0.5) is 5.69 Å². The van der Waals surface area contributed by atoms with Crippen LogP contribution in [0.5, 0.6) is 0 Å². The molecule has 0 unspecified atom stereocenters. The first-order chi connectivity index (χ1) is 11.0. The van der Waals surface area contributed by atoms with Crippen LogP contribution in [0.25, 0.3) is 0 Å². The van der Waals surface area contributed by atoms with Crippen molar-refractivity contribution in [3.8, 4) is 0 Å². The van der Waals surface area contributed by atoms with Crippen molar-refractivity contribution in [2.75, 3.05) is 25.6 Å². The number of carbonyl (C=O) groups excluding carboxylic acids is 3. The molecule has 1 aromatic rings. The molecular formula is C16H17N3O4. The molecule has 0 saturated heterocycles. The zero-order chi connectivity index (χ0) is 16.6. The summed E-state index contributed by atoms with van der Waals surface area (Å²) in [4.78, 5) is 37.4. The summed E-state index contributed by atoms with van der Waals surface area (Å²) in [5.74, 6) is -0.672. The van der Waals surface area contributed by atoms with Gasteiger partial charge in [0.25, 0.3) is 5.91 Å². The number of benzene rings is 1. The number of rotatable bonds is 2. The van der Waals surface area contributed by atoms with E-state index < -0.39 is 5.97 Å². The molecule has 120 valence electrons. The summed E-state index contributed by atoms with van der Waals surface area (Å²) in [6.07, 6.45) is 1.32. The van der Waals surface area contributed by atoms with Crippen LogP contribution in [0, 0.1) is 0 Å². The second-order valence-corrected chi connectivity index (χ2v) is 5.51. The van der Waals surface area contributed by atoms with Crippen LogP contribution in [0.3, 0.4) is 0 Å². The number of esters is 1. The van der Waals surface area contributed by atoms with E-state index in [4.69, 9.17) is 4.74 Å². The summed E-state index contributed by atoms with van der Waals surface area (Å²) < 4.78 is 4.71. The third-order valence-electron chi connectivity index (χ3n) is 4.10. The maximum Gasteiger partial charge on any atom is 0.337 e. The number of hydrogen-bond acceptors (Lipinski definition) is 5. The Morgan fingerprint density at radius 1 is 1.22 bits per heavy atom. The van der Waals surface area contributed by atoms with Gasteiger partial charge < -0.3 is 9.64 Å². The van der Waals surface area contributed by atoms with Gasteiger partial charge in [-0.25, -0.2) is 9.80 Å². The van der Waals surface area contributed by atoms with Gasteiger partial charge >= 0.3 is 5.97 Å². The molecule has 0 radical (unpaired) electrons. The molecule has 0 spiro atoms. The number of amides is 2. The van der Waals surface area contributed by atoms with Gasteiger partial charge in [0.1, 0.15) is 5.71 Å². The zero-order valence-electron chi connectivity index (χ0n) is 13.0. The second kappa shape index (κ2) is 5.83. The predicted octanol–water partition coefficient (Wildman–Crippen LogP) is 0.970. The Labute approximate surface area is 133 Å². The van der Waals surface area contributed by atoms with Crippen molar-refractivity contribution in [2.45, 2.75) is 19.3 Å². The van der Waals surface area contributed by atoms with Gasteiger partial charge in [-0.2, -0.15) is 5.10 Å².